The summed E-state index contributed by atoms with van der Waals surface area (Å²) in [7, 11) is 0. The highest BCUT2D eigenvalue weighted by Crippen LogP contribution is 2.37. The number of rotatable bonds is 6. The Balaban J connectivity index is 0.00000196. The van der Waals surface area contributed by atoms with Crippen molar-refractivity contribution in [3.63, 3.8) is 0 Å². The highest BCUT2D eigenvalue weighted by Gasteiger charge is 2.36. The van der Waals surface area contributed by atoms with Crippen LogP contribution < -0.4 is 5.73 Å². The lowest BCUT2D eigenvalue weighted by Crippen LogP contribution is -2.43. The highest BCUT2D eigenvalue weighted by atomic mass is 35.5. The van der Waals surface area contributed by atoms with Gasteiger partial charge in [0.05, 0.1) is 6.04 Å². The second-order valence-electron chi connectivity index (χ2n) is 7.37. The minimum Gasteiger partial charge on any atom is -0.442 e. The number of likely N-dealkylation sites (tertiary alicyclic amines) is 1. The van der Waals surface area contributed by atoms with Crippen LogP contribution in [-0.2, 0) is 4.79 Å². The molecule has 0 aliphatic carbocycles. The van der Waals surface area contributed by atoms with Crippen LogP contribution >= 0.6 is 24.8 Å². The van der Waals surface area contributed by atoms with E-state index in [1.165, 1.54) is 0 Å². The van der Waals surface area contributed by atoms with Crippen LogP contribution in [0.15, 0.2) is 34.7 Å². The fourth-order valence-corrected chi connectivity index (χ4v) is 3.62. The fraction of sp³-hybridized carbons (Fsp3) is 0.524. The predicted molar refractivity (Wildman–Crippen MR) is 117 cm³/mol. The first-order chi connectivity index (χ1) is 12.5. The Kier molecular flexibility index (Phi) is 9.48. The van der Waals surface area contributed by atoms with Gasteiger partial charge in [0.2, 0.25) is 11.8 Å². The summed E-state index contributed by atoms with van der Waals surface area (Å²) in [6, 6.07) is 9.54. The summed E-state index contributed by atoms with van der Waals surface area (Å²) < 4.78 is 6.19. The molecule has 7 heteroatoms. The zero-order valence-electron chi connectivity index (χ0n) is 16.8. The number of nitrogens with two attached hydrogens (primary N) is 1. The Hall–Kier alpha value is -1.56. The van der Waals surface area contributed by atoms with Crippen LogP contribution in [0.4, 0.5) is 0 Å². The number of benzene rings is 1. The van der Waals surface area contributed by atoms with Crippen molar-refractivity contribution >= 4 is 30.7 Å². The van der Waals surface area contributed by atoms with Crippen molar-refractivity contribution in [1.82, 2.24) is 9.88 Å². The van der Waals surface area contributed by atoms with Gasteiger partial charge in [-0.25, -0.2) is 4.98 Å². The number of carbonyl (C=O) groups is 1. The third-order valence-corrected chi connectivity index (χ3v) is 4.98. The smallest absolute Gasteiger partial charge is 0.240 e. The number of hydrogen-bond acceptors (Lipinski definition) is 4. The number of oxazole rings is 1. The maximum Gasteiger partial charge on any atom is 0.240 e. The molecular formula is C21H31Cl2N3O2. The van der Waals surface area contributed by atoms with Crippen LogP contribution in [0.3, 0.4) is 0 Å². The van der Waals surface area contributed by atoms with E-state index in [0.717, 1.165) is 42.8 Å². The molecule has 1 aliphatic rings. The van der Waals surface area contributed by atoms with Crippen molar-refractivity contribution < 1.29 is 9.21 Å². The molecule has 1 aliphatic heterocycles. The van der Waals surface area contributed by atoms with Gasteiger partial charge in [-0.2, -0.15) is 0 Å². The van der Waals surface area contributed by atoms with E-state index >= 15 is 0 Å². The zero-order chi connectivity index (χ0) is 18.7. The maximum absolute atomic E-state index is 12.7. The normalized spacial score (nSPS) is 17.2. The molecule has 1 fully saturated rings. The van der Waals surface area contributed by atoms with E-state index in [1.54, 1.807) is 0 Å². The molecule has 2 N–H and O–H groups in total. The molecule has 3 rings (SSSR count). The highest BCUT2D eigenvalue weighted by molar-refractivity contribution is 5.85. The van der Waals surface area contributed by atoms with Crippen molar-refractivity contribution in [3.8, 4) is 11.3 Å². The molecule has 1 amide bonds. The molecule has 2 unspecified atom stereocenters. The lowest BCUT2D eigenvalue weighted by atomic mass is 10.0. The predicted octanol–water partition coefficient (Wildman–Crippen LogP) is 5.10. The number of aromatic nitrogens is 1. The first-order valence-corrected chi connectivity index (χ1v) is 9.65. The number of nitrogens with zero attached hydrogens (tertiary/aromatic N) is 2. The Labute approximate surface area is 179 Å². The second kappa shape index (κ2) is 10.8. The van der Waals surface area contributed by atoms with Gasteiger partial charge in [0.25, 0.3) is 0 Å². The van der Waals surface area contributed by atoms with Gasteiger partial charge in [-0.3, -0.25) is 4.79 Å². The van der Waals surface area contributed by atoms with Crippen LogP contribution in [0, 0.1) is 0 Å². The third-order valence-electron chi connectivity index (χ3n) is 4.98. The standard InChI is InChI=1S/C21H29N3O2.2ClH/c1-4-9-16(22)21(25)24-13-8-12-17(24)20-23-18(19(26-20)14(2)3)15-10-6-5-7-11-15;;/h5-7,10-11,14,16-17H,4,8-9,12-13,22H2,1-3H3;2*1H. The van der Waals surface area contributed by atoms with E-state index < -0.39 is 6.04 Å². The van der Waals surface area contributed by atoms with Crippen molar-refractivity contribution in [2.75, 3.05) is 6.54 Å². The minimum absolute atomic E-state index is 0. The topological polar surface area (TPSA) is 72.4 Å². The summed E-state index contributed by atoms with van der Waals surface area (Å²) in [5.41, 5.74) is 8.01. The van der Waals surface area contributed by atoms with Gasteiger partial charge in [-0.15, -0.1) is 24.8 Å². The first kappa shape index (κ1) is 24.5. The van der Waals surface area contributed by atoms with E-state index in [2.05, 4.69) is 13.8 Å². The van der Waals surface area contributed by atoms with Gasteiger partial charge in [0.15, 0.2) is 0 Å². The van der Waals surface area contributed by atoms with Crippen molar-refractivity contribution in [2.24, 2.45) is 5.73 Å². The van der Waals surface area contributed by atoms with Crippen LogP contribution in [0.5, 0.6) is 0 Å². The third kappa shape index (κ3) is 5.07. The molecule has 0 spiro atoms. The van der Waals surface area contributed by atoms with Gasteiger partial charge < -0.3 is 15.1 Å². The molecule has 5 nitrogen and oxygen atoms in total. The molecule has 2 atom stereocenters. The lowest BCUT2D eigenvalue weighted by Gasteiger charge is -2.25. The fourth-order valence-electron chi connectivity index (χ4n) is 3.62. The molecule has 0 radical (unpaired) electrons. The molecule has 2 heterocycles. The molecule has 156 valence electrons. The van der Waals surface area contributed by atoms with Crippen LogP contribution in [-0.4, -0.2) is 28.4 Å². The summed E-state index contributed by atoms with van der Waals surface area (Å²) in [6.45, 7) is 6.97. The summed E-state index contributed by atoms with van der Waals surface area (Å²) in [4.78, 5) is 19.4. The van der Waals surface area contributed by atoms with E-state index in [9.17, 15) is 4.79 Å². The van der Waals surface area contributed by atoms with E-state index in [-0.39, 0.29) is 42.7 Å². The molecule has 1 aromatic heterocycles. The monoisotopic (exact) mass is 427 g/mol. The number of hydrogen-bond donors (Lipinski definition) is 1. The number of halogens is 2. The maximum atomic E-state index is 12.7. The van der Waals surface area contributed by atoms with Gasteiger partial charge in [-0.05, 0) is 19.3 Å². The number of amides is 1. The van der Waals surface area contributed by atoms with Crippen LogP contribution in [0.25, 0.3) is 11.3 Å². The summed E-state index contributed by atoms with van der Waals surface area (Å²) >= 11 is 0. The van der Waals surface area contributed by atoms with Crippen LogP contribution in [0.2, 0.25) is 0 Å². The Morgan fingerprint density at radius 3 is 2.57 bits per heavy atom. The average Bonchev–Trinajstić information content (AvgIpc) is 3.29. The van der Waals surface area contributed by atoms with Crippen molar-refractivity contribution in [2.45, 2.75) is 64.5 Å². The minimum atomic E-state index is -0.436. The van der Waals surface area contributed by atoms with Crippen LogP contribution in [0.1, 0.15) is 70.1 Å². The van der Waals surface area contributed by atoms with Crippen molar-refractivity contribution in [1.29, 1.82) is 0 Å². The molecular weight excluding hydrogens is 397 g/mol. The quantitative estimate of drug-likeness (QED) is 0.695. The lowest BCUT2D eigenvalue weighted by molar-refractivity contribution is -0.134. The summed E-state index contributed by atoms with van der Waals surface area (Å²) in [5.74, 6) is 1.75. The Morgan fingerprint density at radius 1 is 1.29 bits per heavy atom. The Bertz CT molecular complexity index is 749. The summed E-state index contributed by atoms with van der Waals surface area (Å²) in [5, 5.41) is 0. The van der Waals surface area contributed by atoms with Gasteiger partial charge in [-0.1, -0.05) is 57.5 Å². The molecule has 1 aromatic carbocycles. The second-order valence-corrected chi connectivity index (χ2v) is 7.37. The van der Waals surface area contributed by atoms with Crippen molar-refractivity contribution in [3.05, 3.63) is 42.0 Å². The molecule has 28 heavy (non-hydrogen) atoms. The number of carbonyl (C=O) groups excluding carboxylic acids is 1. The molecule has 2 aromatic rings. The molecule has 0 saturated carbocycles. The van der Waals surface area contributed by atoms with E-state index in [4.69, 9.17) is 15.1 Å². The first-order valence-electron chi connectivity index (χ1n) is 9.65. The van der Waals surface area contributed by atoms with E-state index in [1.807, 2.05) is 42.2 Å². The molecule has 1 saturated heterocycles. The Morgan fingerprint density at radius 2 is 1.96 bits per heavy atom. The largest absolute Gasteiger partial charge is 0.442 e. The van der Waals surface area contributed by atoms with E-state index in [0.29, 0.717) is 12.3 Å². The average molecular weight is 428 g/mol. The molecule has 0 bridgehead atoms. The van der Waals surface area contributed by atoms with Gasteiger partial charge in [0.1, 0.15) is 17.5 Å². The SMILES string of the molecule is CCCC(N)C(=O)N1CCCC1c1nc(-c2ccccc2)c(C(C)C)o1.Cl.Cl. The zero-order valence-corrected chi connectivity index (χ0v) is 18.4. The summed E-state index contributed by atoms with van der Waals surface area (Å²) in [6.07, 6.45) is 3.44. The van der Waals surface area contributed by atoms with Gasteiger partial charge >= 0.3 is 0 Å². The van der Waals surface area contributed by atoms with Gasteiger partial charge in [0, 0.05) is 18.0 Å².